The van der Waals surface area contributed by atoms with Gasteiger partial charge in [0.05, 0.1) is 6.54 Å². The number of piperidine rings is 1. The highest BCUT2D eigenvalue weighted by Gasteiger charge is 2.21. The molecule has 2 rings (SSSR count). The van der Waals surface area contributed by atoms with Crippen molar-refractivity contribution in [2.45, 2.75) is 18.9 Å². The number of amides is 1. The first-order chi connectivity index (χ1) is 11.5. The number of hydrogen-bond donors (Lipinski definition) is 2. The maximum Gasteiger partial charge on any atom is 0.241 e. The summed E-state index contributed by atoms with van der Waals surface area (Å²) in [5.41, 5.74) is 0.896. The molecule has 0 bridgehead atoms. The van der Waals surface area contributed by atoms with E-state index in [0.29, 0.717) is 5.96 Å². The third-order valence-electron chi connectivity index (χ3n) is 4.07. The number of aliphatic imine (C=N–C) groups is 1. The van der Waals surface area contributed by atoms with Gasteiger partial charge in [0.25, 0.3) is 0 Å². The topological polar surface area (TPSA) is 60.0 Å². The predicted molar refractivity (Wildman–Crippen MR) is 110 cm³/mol. The number of nitrogens with zero attached hydrogens (tertiary/aromatic N) is 3. The zero-order valence-electron chi connectivity index (χ0n) is 15.0. The summed E-state index contributed by atoms with van der Waals surface area (Å²) in [5, 5.41) is 6.38. The van der Waals surface area contributed by atoms with Crippen LogP contribution >= 0.6 is 24.0 Å². The van der Waals surface area contributed by atoms with Crippen LogP contribution in [0.1, 0.15) is 12.8 Å². The van der Waals surface area contributed by atoms with E-state index in [4.69, 9.17) is 0 Å². The molecule has 1 amide bonds. The van der Waals surface area contributed by atoms with Gasteiger partial charge in [-0.25, -0.2) is 4.39 Å². The van der Waals surface area contributed by atoms with E-state index in [-0.39, 0.29) is 48.3 Å². The lowest BCUT2D eigenvalue weighted by atomic mass is 10.0. The average molecular weight is 463 g/mol. The van der Waals surface area contributed by atoms with Crippen molar-refractivity contribution in [1.29, 1.82) is 0 Å². The molecule has 8 heteroatoms. The summed E-state index contributed by atoms with van der Waals surface area (Å²) in [7, 11) is 5.12. The van der Waals surface area contributed by atoms with Crippen molar-refractivity contribution in [3.05, 3.63) is 30.1 Å². The van der Waals surface area contributed by atoms with Crippen molar-refractivity contribution < 1.29 is 9.18 Å². The molecule has 2 N–H and O–H groups in total. The van der Waals surface area contributed by atoms with Gasteiger partial charge in [0.1, 0.15) is 5.82 Å². The van der Waals surface area contributed by atoms with Gasteiger partial charge in [-0.15, -0.1) is 24.0 Å². The van der Waals surface area contributed by atoms with E-state index >= 15 is 0 Å². The van der Waals surface area contributed by atoms with Crippen molar-refractivity contribution in [2.24, 2.45) is 4.99 Å². The number of guanidine groups is 1. The number of anilines is 1. The minimum Gasteiger partial charge on any atom is -0.369 e. The van der Waals surface area contributed by atoms with Crippen LogP contribution in [0.25, 0.3) is 0 Å². The highest BCUT2D eigenvalue weighted by atomic mass is 127. The van der Waals surface area contributed by atoms with Crippen molar-refractivity contribution in [1.82, 2.24) is 15.5 Å². The van der Waals surface area contributed by atoms with Crippen LogP contribution in [0, 0.1) is 5.82 Å². The van der Waals surface area contributed by atoms with Gasteiger partial charge in [0.15, 0.2) is 5.96 Å². The third kappa shape index (κ3) is 6.68. The number of likely N-dealkylation sites (N-methyl/N-ethyl adjacent to an activating group) is 1. The summed E-state index contributed by atoms with van der Waals surface area (Å²) < 4.78 is 13.4. The summed E-state index contributed by atoms with van der Waals surface area (Å²) in [6, 6.07) is 6.87. The molecule has 1 fully saturated rings. The molecule has 1 unspecified atom stereocenters. The molecular weight excluding hydrogens is 436 g/mol. The summed E-state index contributed by atoms with van der Waals surface area (Å²) in [5.74, 6) is 0.376. The van der Waals surface area contributed by atoms with Crippen LogP contribution in [-0.4, -0.2) is 63.6 Å². The Morgan fingerprint density at radius 1 is 1.44 bits per heavy atom. The van der Waals surface area contributed by atoms with Crippen molar-refractivity contribution in [2.75, 3.05) is 45.7 Å². The van der Waals surface area contributed by atoms with Crippen molar-refractivity contribution >= 4 is 41.5 Å². The number of carbonyl (C=O) groups is 1. The Morgan fingerprint density at radius 2 is 2.20 bits per heavy atom. The molecule has 1 aromatic carbocycles. The Hall–Kier alpha value is -1.58. The SMILES string of the molecule is CN=C(NCC(=O)N(C)C)NC1CCCN(c2cccc(F)c2)C1.I. The molecule has 1 atom stereocenters. The van der Waals surface area contributed by atoms with Crippen molar-refractivity contribution in [3.8, 4) is 0 Å². The lowest BCUT2D eigenvalue weighted by Gasteiger charge is -2.35. The van der Waals surface area contributed by atoms with Gasteiger partial charge < -0.3 is 20.4 Å². The molecule has 1 aliphatic heterocycles. The number of halogens is 2. The number of hydrogen-bond acceptors (Lipinski definition) is 3. The predicted octanol–water partition coefficient (Wildman–Crippen LogP) is 1.67. The van der Waals surface area contributed by atoms with Gasteiger partial charge in [-0.2, -0.15) is 0 Å². The van der Waals surface area contributed by atoms with Crippen LogP contribution < -0.4 is 15.5 Å². The third-order valence-corrected chi connectivity index (χ3v) is 4.07. The number of benzene rings is 1. The Kier molecular flexibility index (Phi) is 8.95. The van der Waals surface area contributed by atoms with Gasteiger partial charge in [-0.3, -0.25) is 9.79 Å². The quantitative estimate of drug-likeness (QED) is 0.405. The second-order valence-corrected chi connectivity index (χ2v) is 6.12. The summed E-state index contributed by atoms with van der Waals surface area (Å²) in [6.07, 6.45) is 2.02. The monoisotopic (exact) mass is 463 g/mol. The van der Waals surface area contributed by atoms with Crippen LogP contribution in [0.15, 0.2) is 29.3 Å². The van der Waals surface area contributed by atoms with E-state index in [1.807, 2.05) is 6.07 Å². The average Bonchev–Trinajstić information content (AvgIpc) is 2.58. The second kappa shape index (κ2) is 10.4. The molecule has 0 saturated carbocycles. The Morgan fingerprint density at radius 3 is 2.84 bits per heavy atom. The summed E-state index contributed by atoms with van der Waals surface area (Å²) >= 11 is 0. The van der Waals surface area contributed by atoms with Crippen LogP contribution in [-0.2, 0) is 4.79 Å². The van der Waals surface area contributed by atoms with Gasteiger partial charge in [-0.05, 0) is 31.0 Å². The van der Waals surface area contributed by atoms with E-state index < -0.39 is 0 Å². The minimum absolute atomic E-state index is 0. The number of rotatable bonds is 4. The lowest BCUT2D eigenvalue weighted by molar-refractivity contribution is -0.127. The second-order valence-electron chi connectivity index (χ2n) is 6.12. The molecule has 1 aliphatic rings. The number of carbonyl (C=O) groups excluding carboxylic acids is 1. The van der Waals surface area contributed by atoms with Crippen LogP contribution in [0.2, 0.25) is 0 Å². The first-order valence-corrected chi connectivity index (χ1v) is 8.17. The molecule has 25 heavy (non-hydrogen) atoms. The fourth-order valence-electron chi connectivity index (χ4n) is 2.71. The zero-order valence-corrected chi connectivity index (χ0v) is 17.3. The van der Waals surface area contributed by atoms with Crippen molar-refractivity contribution in [3.63, 3.8) is 0 Å². The van der Waals surface area contributed by atoms with Gasteiger partial charge >= 0.3 is 0 Å². The molecule has 6 nitrogen and oxygen atoms in total. The largest absolute Gasteiger partial charge is 0.369 e. The Bertz CT molecular complexity index is 596. The lowest BCUT2D eigenvalue weighted by Crippen LogP contribution is -2.52. The smallest absolute Gasteiger partial charge is 0.241 e. The fourth-order valence-corrected chi connectivity index (χ4v) is 2.71. The van der Waals surface area contributed by atoms with E-state index in [0.717, 1.165) is 31.6 Å². The summed E-state index contributed by atoms with van der Waals surface area (Å²) in [6.45, 7) is 1.88. The van der Waals surface area contributed by atoms with Gasteiger partial charge in [-0.1, -0.05) is 6.07 Å². The van der Waals surface area contributed by atoms with Crippen LogP contribution in [0.4, 0.5) is 10.1 Å². The standard InChI is InChI=1S/C17H26FN5O.HI/c1-19-17(20-11-16(24)22(2)3)21-14-7-5-9-23(12-14)15-8-4-6-13(18)10-15;/h4,6,8,10,14H,5,7,9,11-12H2,1-3H3,(H2,19,20,21);1H. The Balaban J connectivity index is 0.00000312. The molecule has 0 radical (unpaired) electrons. The fraction of sp³-hybridized carbons (Fsp3) is 0.529. The van der Waals surface area contributed by atoms with Crippen LogP contribution in [0.3, 0.4) is 0 Å². The molecule has 1 aromatic rings. The molecule has 0 aliphatic carbocycles. The molecule has 0 spiro atoms. The normalized spacial score (nSPS) is 17.5. The molecule has 140 valence electrons. The summed E-state index contributed by atoms with van der Waals surface area (Å²) in [4.78, 5) is 19.5. The maximum absolute atomic E-state index is 13.4. The minimum atomic E-state index is -0.220. The number of nitrogens with one attached hydrogen (secondary N) is 2. The van der Waals surface area contributed by atoms with Gasteiger partial charge in [0.2, 0.25) is 5.91 Å². The van der Waals surface area contributed by atoms with E-state index in [9.17, 15) is 9.18 Å². The Labute approximate surface area is 165 Å². The molecule has 0 aromatic heterocycles. The van der Waals surface area contributed by atoms with E-state index in [1.165, 1.54) is 11.0 Å². The first kappa shape index (κ1) is 21.5. The highest BCUT2D eigenvalue weighted by Crippen LogP contribution is 2.20. The van der Waals surface area contributed by atoms with Crippen LogP contribution in [0.5, 0.6) is 0 Å². The molecule has 1 heterocycles. The highest BCUT2D eigenvalue weighted by molar-refractivity contribution is 14.0. The van der Waals surface area contributed by atoms with E-state index in [2.05, 4.69) is 20.5 Å². The first-order valence-electron chi connectivity index (χ1n) is 8.17. The molecule has 1 saturated heterocycles. The maximum atomic E-state index is 13.4. The molecular formula is C17H27FIN5O. The van der Waals surface area contributed by atoms with Gasteiger partial charge in [0, 0.05) is 46.0 Å². The zero-order chi connectivity index (χ0) is 17.5. The van der Waals surface area contributed by atoms with E-state index in [1.54, 1.807) is 33.3 Å².